The van der Waals surface area contributed by atoms with Crippen LogP contribution < -0.4 is 4.72 Å². The van der Waals surface area contributed by atoms with Gasteiger partial charge in [0.05, 0.1) is 12.0 Å². The Morgan fingerprint density at radius 2 is 2.10 bits per heavy atom. The minimum Gasteiger partial charge on any atom is -0.361 e. The number of aromatic nitrogens is 3. The van der Waals surface area contributed by atoms with Crippen molar-refractivity contribution in [2.24, 2.45) is 7.05 Å². The van der Waals surface area contributed by atoms with Crippen LogP contribution in [0.1, 0.15) is 30.0 Å². The maximum atomic E-state index is 12.3. The predicted octanol–water partition coefficient (Wildman–Crippen LogP) is 1.72. The summed E-state index contributed by atoms with van der Waals surface area (Å²) in [5, 5.41) is 3.67. The van der Waals surface area contributed by atoms with Crippen molar-refractivity contribution in [1.82, 2.24) is 19.4 Å². The zero-order valence-corrected chi connectivity index (χ0v) is 13.1. The van der Waals surface area contributed by atoms with Crippen LogP contribution in [-0.4, -0.2) is 23.1 Å². The highest BCUT2D eigenvalue weighted by Crippen LogP contribution is 2.24. The van der Waals surface area contributed by atoms with Gasteiger partial charge in [0.15, 0.2) is 0 Å². The van der Waals surface area contributed by atoms with Gasteiger partial charge in [-0.2, -0.15) is 0 Å². The molecule has 7 nitrogen and oxygen atoms in total. The van der Waals surface area contributed by atoms with E-state index in [-0.39, 0.29) is 10.2 Å². The minimum absolute atomic E-state index is 0.0588. The first-order chi connectivity index (χ1) is 9.24. The molecule has 0 aromatic carbocycles. The first-order valence-electron chi connectivity index (χ1n) is 5.86. The third-order valence-electron chi connectivity index (χ3n) is 2.94. The van der Waals surface area contributed by atoms with Gasteiger partial charge in [-0.1, -0.05) is 16.8 Å². The second-order valence-corrected chi connectivity index (χ2v) is 6.52. The Morgan fingerprint density at radius 3 is 2.55 bits per heavy atom. The number of aryl methyl sites for hydroxylation is 3. The summed E-state index contributed by atoms with van der Waals surface area (Å²) >= 11 is 5.91. The zero-order chi connectivity index (χ0) is 15.1. The highest BCUT2D eigenvalue weighted by Gasteiger charge is 2.27. The van der Waals surface area contributed by atoms with Gasteiger partial charge in [-0.15, -0.1) is 0 Å². The van der Waals surface area contributed by atoms with Gasteiger partial charge < -0.3 is 9.09 Å². The second kappa shape index (κ2) is 5.19. The average molecular weight is 319 g/mol. The van der Waals surface area contributed by atoms with Crippen LogP contribution in [0.3, 0.4) is 0 Å². The molecule has 1 unspecified atom stereocenters. The van der Waals surface area contributed by atoms with E-state index in [1.54, 1.807) is 27.8 Å². The molecule has 0 aliphatic heterocycles. The Morgan fingerprint density at radius 1 is 1.45 bits per heavy atom. The molecule has 0 fully saturated rings. The molecular formula is C11H15ClN4O3S. The number of hydrogen-bond donors (Lipinski definition) is 1. The van der Waals surface area contributed by atoms with E-state index in [0.29, 0.717) is 17.0 Å². The molecule has 1 N–H and O–H groups in total. The van der Waals surface area contributed by atoms with E-state index in [4.69, 9.17) is 16.1 Å². The molecular weight excluding hydrogens is 304 g/mol. The van der Waals surface area contributed by atoms with Crippen molar-refractivity contribution < 1.29 is 12.9 Å². The molecule has 110 valence electrons. The van der Waals surface area contributed by atoms with Crippen LogP contribution in [-0.2, 0) is 17.1 Å². The van der Waals surface area contributed by atoms with Crippen LogP contribution in [0.2, 0.25) is 5.15 Å². The SMILES string of the molecule is Cc1noc(C)c1C(C)NS(=O)(=O)c1ncn(C)c1Cl. The van der Waals surface area contributed by atoms with E-state index in [1.807, 2.05) is 0 Å². The summed E-state index contributed by atoms with van der Waals surface area (Å²) < 4.78 is 33.5. The van der Waals surface area contributed by atoms with Gasteiger partial charge in [0.25, 0.3) is 10.0 Å². The van der Waals surface area contributed by atoms with Crippen molar-refractivity contribution in [1.29, 1.82) is 0 Å². The summed E-state index contributed by atoms with van der Waals surface area (Å²) in [5.74, 6) is 0.574. The molecule has 0 saturated carbocycles. The van der Waals surface area contributed by atoms with Crippen LogP contribution in [0.25, 0.3) is 0 Å². The van der Waals surface area contributed by atoms with Crippen LogP contribution in [0.15, 0.2) is 15.9 Å². The van der Waals surface area contributed by atoms with E-state index >= 15 is 0 Å². The van der Waals surface area contributed by atoms with E-state index < -0.39 is 16.1 Å². The summed E-state index contributed by atoms with van der Waals surface area (Å²) in [6.45, 7) is 5.19. The molecule has 0 amide bonds. The Labute approximate surface area is 122 Å². The lowest BCUT2D eigenvalue weighted by atomic mass is 10.1. The van der Waals surface area contributed by atoms with Crippen molar-refractivity contribution in [3.63, 3.8) is 0 Å². The molecule has 1 atom stereocenters. The van der Waals surface area contributed by atoms with Crippen molar-refractivity contribution >= 4 is 21.6 Å². The molecule has 2 aromatic rings. The normalized spacial score (nSPS) is 13.7. The molecule has 0 spiro atoms. The van der Waals surface area contributed by atoms with Crippen molar-refractivity contribution in [2.45, 2.75) is 31.8 Å². The van der Waals surface area contributed by atoms with E-state index in [2.05, 4.69) is 14.9 Å². The molecule has 0 bridgehead atoms. The third-order valence-corrected chi connectivity index (χ3v) is 4.97. The molecule has 2 rings (SSSR count). The van der Waals surface area contributed by atoms with Crippen LogP contribution in [0.4, 0.5) is 0 Å². The van der Waals surface area contributed by atoms with E-state index in [9.17, 15) is 8.42 Å². The fraction of sp³-hybridized carbons (Fsp3) is 0.455. The number of sulfonamides is 1. The van der Waals surface area contributed by atoms with Crippen LogP contribution in [0.5, 0.6) is 0 Å². The minimum atomic E-state index is -3.81. The van der Waals surface area contributed by atoms with Crippen molar-refractivity contribution in [3.8, 4) is 0 Å². The van der Waals surface area contributed by atoms with Gasteiger partial charge in [-0.3, -0.25) is 0 Å². The zero-order valence-electron chi connectivity index (χ0n) is 11.5. The Bertz CT molecular complexity index is 715. The fourth-order valence-corrected chi connectivity index (χ4v) is 3.67. The van der Waals surface area contributed by atoms with Crippen LogP contribution >= 0.6 is 11.6 Å². The number of imidazole rings is 1. The third kappa shape index (κ3) is 2.58. The van der Waals surface area contributed by atoms with Crippen molar-refractivity contribution in [3.05, 3.63) is 28.5 Å². The average Bonchev–Trinajstić information content (AvgIpc) is 2.83. The quantitative estimate of drug-likeness (QED) is 0.927. The van der Waals surface area contributed by atoms with E-state index in [0.717, 1.165) is 0 Å². The Balaban J connectivity index is 2.32. The Kier molecular flexibility index (Phi) is 3.90. The van der Waals surface area contributed by atoms with Gasteiger partial charge >= 0.3 is 0 Å². The highest BCUT2D eigenvalue weighted by molar-refractivity contribution is 7.89. The maximum Gasteiger partial charge on any atom is 0.261 e. The van der Waals surface area contributed by atoms with Gasteiger partial charge in [-0.25, -0.2) is 18.1 Å². The number of nitrogens with zero attached hydrogens (tertiary/aromatic N) is 3. The Hall–Kier alpha value is -1.38. The summed E-state index contributed by atoms with van der Waals surface area (Å²) in [6.07, 6.45) is 1.34. The summed E-state index contributed by atoms with van der Waals surface area (Å²) in [5.41, 5.74) is 1.35. The second-order valence-electron chi connectivity index (χ2n) is 4.53. The number of nitrogens with one attached hydrogen (secondary N) is 1. The first kappa shape index (κ1) is 15.0. The highest BCUT2D eigenvalue weighted by atomic mass is 35.5. The lowest BCUT2D eigenvalue weighted by Gasteiger charge is -2.13. The summed E-state index contributed by atoms with van der Waals surface area (Å²) in [4.78, 5) is 3.81. The lowest BCUT2D eigenvalue weighted by Crippen LogP contribution is -2.28. The largest absolute Gasteiger partial charge is 0.361 e. The monoisotopic (exact) mass is 318 g/mol. The smallest absolute Gasteiger partial charge is 0.261 e. The topological polar surface area (TPSA) is 90.0 Å². The molecule has 0 radical (unpaired) electrons. The van der Waals surface area contributed by atoms with E-state index in [1.165, 1.54) is 10.9 Å². The fourth-order valence-electron chi connectivity index (χ4n) is 2.03. The number of rotatable bonds is 4. The molecule has 9 heteroatoms. The van der Waals surface area contributed by atoms with Crippen LogP contribution in [0, 0.1) is 13.8 Å². The van der Waals surface area contributed by atoms with Gasteiger partial charge in [0, 0.05) is 18.7 Å². The summed E-state index contributed by atoms with van der Waals surface area (Å²) in [7, 11) is -2.20. The molecule has 0 aliphatic rings. The maximum absolute atomic E-state index is 12.3. The lowest BCUT2D eigenvalue weighted by molar-refractivity contribution is 0.391. The molecule has 2 heterocycles. The van der Waals surface area contributed by atoms with Gasteiger partial charge in [-0.05, 0) is 20.8 Å². The molecule has 2 aromatic heterocycles. The molecule has 20 heavy (non-hydrogen) atoms. The summed E-state index contributed by atoms with van der Waals surface area (Å²) in [6, 6.07) is -0.496. The molecule has 0 aliphatic carbocycles. The van der Waals surface area contributed by atoms with Gasteiger partial charge in [0.2, 0.25) is 5.03 Å². The van der Waals surface area contributed by atoms with Crippen molar-refractivity contribution in [2.75, 3.05) is 0 Å². The predicted molar refractivity (Wildman–Crippen MR) is 72.9 cm³/mol. The van der Waals surface area contributed by atoms with Gasteiger partial charge in [0.1, 0.15) is 10.9 Å². The molecule has 0 saturated heterocycles. The number of hydrogen-bond acceptors (Lipinski definition) is 5. The first-order valence-corrected chi connectivity index (χ1v) is 7.72. The standard InChI is InChI=1S/C11H15ClN4O3S/c1-6-9(8(3)19-14-6)7(2)15-20(17,18)11-10(12)16(4)5-13-11/h5,7,15H,1-4H3. The number of halogens is 1.